The summed E-state index contributed by atoms with van der Waals surface area (Å²) in [5.41, 5.74) is 2.92. The number of hydrogen-bond donors (Lipinski definition) is 0. The van der Waals surface area contributed by atoms with E-state index in [1.165, 1.54) is 0 Å². The van der Waals surface area contributed by atoms with Gasteiger partial charge in [0.1, 0.15) is 0 Å². The minimum Gasteiger partial charge on any atom is -0.377 e. The summed E-state index contributed by atoms with van der Waals surface area (Å²) < 4.78 is 0. The Kier molecular flexibility index (Phi) is 2.90. The van der Waals surface area contributed by atoms with Crippen LogP contribution in [0.2, 0.25) is 0 Å². The number of nitrogens with zero attached hydrogens (tertiary/aromatic N) is 3. The molecule has 0 aliphatic heterocycles. The monoisotopic (exact) mass is 245 g/mol. The molecule has 5 heteroatoms. The van der Waals surface area contributed by atoms with E-state index in [4.69, 9.17) is 0 Å². The van der Waals surface area contributed by atoms with Crippen molar-refractivity contribution in [2.75, 3.05) is 19.0 Å². The van der Waals surface area contributed by atoms with E-state index in [9.17, 15) is 10.1 Å². The molecule has 0 bridgehead atoms. The first-order valence-corrected chi connectivity index (χ1v) is 5.64. The van der Waals surface area contributed by atoms with E-state index < -0.39 is 0 Å². The Labute approximate surface area is 105 Å². The number of rotatable bonds is 2. The van der Waals surface area contributed by atoms with E-state index in [1.807, 2.05) is 38.1 Å². The summed E-state index contributed by atoms with van der Waals surface area (Å²) >= 11 is 0. The lowest BCUT2D eigenvalue weighted by molar-refractivity contribution is -0.383. The number of fused-ring (bicyclic) bond motifs is 1. The maximum atomic E-state index is 11.2. The van der Waals surface area contributed by atoms with E-state index in [2.05, 4.69) is 4.98 Å². The molecule has 0 unspecified atom stereocenters. The molecule has 5 nitrogen and oxygen atoms in total. The van der Waals surface area contributed by atoms with Gasteiger partial charge in [-0.2, -0.15) is 0 Å². The predicted molar refractivity (Wildman–Crippen MR) is 72.2 cm³/mol. The van der Waals surface area contributed by atoms with Crippen molar-refractivity contribution >= 4 is 22.3 Å². The Balaban J connectivity index is 2.94. The molecule has 1 heterocycles. The summed E-state index contributed by atoms with van der Waals surface area (Å²) in [6.07, 6.45) is 0. The fourth-order valence-electron chi connectivity index (χ4n) is 2.09. The second-order valence-electron chi connectivity index (χ2n) is 4.56. The molecule has 18 heavy (non-hydrogen) atoms. The van der Waals surface area contributed by atoms with Crippen molar-refractivity contribution in [1.82, 2.24) is 4.98 Å². The van der Waals surface area contributed by atoms with Crippen molar-refractivity contribution in [2.24, 2.45) is 0 Å². The van der Waals surface area contributed by atoms with E-state index in [0.29, 0.717) is 11.1 Å². The van der Waals surface area contributed by atoms with Crippen LogP contribution in [0.25, 0.3) is 10.9 Å². The summed E-state index contributed by atoms with van der Waals surface area (Å²) in [6, 6.07) is 5.59. The van der Waals surface area contributed by atoms with Crippen LogP contribution in [0.3, 0.4) is 0 Å². The molecule has 94 valence electrons. The maximum Gasteiger partial charge on any atom is 0.298 e. The van der Waals surface area contributed by atoms with Crippen molar-refractivity contribution in [3.05, 3.63) is 39.6 Å². The molecule has 1 aromatic carbocycles. The number of aryl methyl sites for hydroxylation is 2. The quantitative estimate of drug-likeness (QED) is 0.603. The fourth-order valence-corrected chi connectivity index (χ4v) is 2.09. The third kappa shape index (κ3) is 1.88. The molecule has 0 amide bonds. The number of hydrogen-bond acceptors (Lipinski definition) is 4. The third-order valence-corrected chi connectivity index (χ3v) is 2.93. The normalized spacial score (nSPS) is 10.7. The standard InChI is InChI=1S/C13H15N3O2/c1-8-5-6-10-11(15(3)4)7-9(2)14-12(10)13(8)16(17)18/h5-7H,1-4H3. The Bertz CT molecular complexity index is 636. The van der Waals surface area contributed by atoms with Gasteiger partial charge in [-0.05, 0) is 26.0 Å². The first-order chi connectivity index (χ1) is 8.41. The summed E-state index contributed by atoms with van der Waals surface area (Å²) in [5, 5.41) is 12.0. The lowest BCUT2D eigenvalue weighted by Gasteiger charge is -2.16. The summed E-state index contributed by atoms with van der Waals surface area (Å²) in [6.45, 7) is 3.58. The topological polar surface area (TPSA) is 59.3 Å². The third-order valence-electron chi connectivity index (χ3n) is 2.93. The zero-order valence-electron chi connectivity index (χ0n) is 10.9. The molecule has 0 saturated heterocycles. The van der Waals surface area contributed by atoms with Crippen LogP contribution in [-0.4, -0.2) is 24.0 Å². The average molecular weight is 245 g/mol. The van der Waals surface area contributed by atoms with E-state index in [-0.39, 0.29) is 10.6 Å². The Hall–Kier alpha value is -2.17. The first kappa shape index (κ1) is 12.3. The van der Waals surface area contributed by atoms with Crippen LogP contribution in [0.5, 0.6) is 0 Å². The molecular formula is C13H15N3O2. The van der Waals surface area contributed by atoms with Crippen LogP contribution in [0, 0.1) is 24.0 Å². The summed E-state index contributed by atoms with van der Waals surface area (Å²) in [5.74, 6) is 0. The van der Waals surface area contributed by atoms with Gasteiger partial charge in [-0.3, -0.25) is 10.1 Å². The summed E-state index contributed by atoms with van der Waals surface area (Å²) in [4.78, 5) is 17.1. The number of pyridine rings is 1. The number of benzene rings is 1. The van der Waals surface area contributed by atoms with Gasteiger partial charge in [0.15, 0.2) is 5.52 Å². The van der Waals surface area contributed by atoms with Gasteiger partial charge < -0.3 is 4.90 Å². The van der Waals surface area contributed by atoms with E-state index in [1.54, 1.807) is 13.0 Å². The lowest BCUT2D eigenvalue weighted by atomic mass is 10.1. The minimum atomic E-state index is -0.358. The lowest BCUT2D eigenvalue weighted by Crippen LogP contribution is -2.10. The highest BCUT2D eigenvalue weighted by molar-refractivity contribution is 5.97. The van der Waals surface area contributed by atoms with Gasteiger partial charge in [0.05, 0.1) is 4.92 Å². The van der Waals surface area contributed by atoms with Crippen LogP contribution in [0.15, 0.2) is 18.2 Å². The number of nitro benzene ring substituents is 1. The molecule has 2 aromatic rings. The molecule has 2 rings (SSSR count). The Morgan fingerprint density at radius 1 is 1.28 bits per heavy atom. The van der Waals surface area contributed by atoms with Gasteiger partial charge in [0.25, 0.3) is 5.69 Å². The van der Waals surface area contributed by atoms with E-state index >= 15 is 0 Å². The molecule has 1 aromatic heterocycles. The van der Waals surface area contributed by atoms with Crippen LogP contribution in [0.1, 0.15) is 11.3 Å². The number of nitro groups is 1. The van der Waals surface area contributed by atoms with E-state index in [0.717, 1.165) is 16.8 Å². The Morgan fingerprint density at radius 2 is 1.94 bits per heavy atom. The highest BCUT2D eigenvalue weighted by atomic mass is 16.6. The predicted octanol–water partition coefficient (Wildman–Crippen LogP) is 2.83. The highest BCUT2D eigenvalue weighted by Crippen LogP contribution is 2.33. The molecule has 0 radical (unpaired) electrons. The van der Waals surface area contributed by atoms with Crippen LogP contribution in [0.4, 0.5) is 11.4 Å². The van der Waals surface area contributed by atoms with Gasteiger partial charge in [-0.1, -0.05) is 6.07 Å². The molecule has 0 N–H and O–H groups in total. The molecule has 0 aliphatic carbocycles. The highest BCUT2D eigenvalue weighted by Gasteiger charge is 2.19. The zero-order chi connectivity index (χ0) is 13.4. The van der Waals surface area contributed by atoms with Crippen molar-refractivity contribution < 1.29 is 4.92 Å². The largest absolute Gasteiger partial charge is 0.377 e. The zero-order valence-corrected chi connectivity index (χ0v) is 10.9. The van der Waals surface area contributed by atoms with Crippen LogP contribution in [-0.2, 0) is 0 Å². The van der Waals surface area contributed by atoms with Crippen molar-refractivity contribution in [3.63, 3.8) is 0 Å². The van der Waals surface area contributed by atoms with Crippen LogP contribution < -0.4 is 4.90 Å². The minimum absolute atomic E-state index is 0.0966. The second-order valence-corrected chi connectivity index (χ2v) is 4.56. The second kappa shape index (κ2) is 4.25. The molecule has 0 spiro atoms. The first-order valence-electron chi connectivity index (χ1n) is 5.64. The SMILES string of the molecule is Cc1cc(N(C)C)c2ccc(C)c([N+](=O)[O-])c2n1. The van der Waals surface area contributed by atoms with Gasteiger partial charge in [-0.15, -0.1) is 0 Å². The average Bonchev–Trinajstić information content (AvgIpc) is 2.26. The Morgan fingerprint density at radius 3 is 2.50 bits per heavy atom. The van der Waals surface area contributed by atoms with Gasteiger partial charge >= 0.3 is 0 Å². The van der Waals surface area contributed by atoms with Crippen LogP contribution >= 0.6 is 0 Å². The maximum absolute atomic E-state index is 11.2. The van der Waals surface area contributed by atoms with Gasteiger partial charge in [0, 0.05) is 36.4 Å². The van der Waals surface area contributed by atoms with Gasteiger partial charge in [0.2, 0.25) is 0 Å². The smallest absolute Gasteiger partial charge is 0.298 e. The van der Waals surface area contributed by atoms with Crippen molar-refractivity contribution in [2.45, 2.75) is 13.8 Å². The molecule has 0 atom stereocenters. The fraction of sp³-hybridized carbons (Fsp3) is 0.308. The van der Waals surface area contributed by atoms with Crippen molar-refractivity contribution in [1.29, 1.82) is 0 Å². The van der Waals surface area contributed by atoms with Crippen molar-refractivity contribution in [3.8, 4) is 0 Å². The molecule has 0 fully saturated rings. The number of aromatic nitrogens is 1. The molecule has 0 saturated carbocycles. The molecule has 0 aliphatic rings. The number of anilines is 1. The summed E-state index contributed by atoms with van der Waals surface area (Å²) in [7, 11) is 3.83. The van der Waals surface area contributed by atoms with Gasteiger partial charge in [-0.25, -0.2) is 4.98 Å². The molecular weight excluding hydrogens is 230 g/mol.